The maximum absolute atomic E-state index is 11.0. The molecule has 6 nitrogen and oxygen atoms in total. The lowest BCUT2D eigenvalue weighted by Gasteiger charge is -2.06. The van der Waals surface area contributed by atoms with Crippen molar-refractivity contribution in [3.8, 4) is 0 Å². The van der Waals surface area contributed by atoms with Gasteiger partial charge in [0.2, 0.25) is 10.0 Å². The van der Waals surface area contributed by atoms with Gasteiger partial charge in [0.25, 0.3) is 0 Å². The van der Waals surface area contributed by atoms with Crippen molar-refractivity contribution >= 4 is 10.0 Å². The van der Waals surface area contributed by atoms with Crippen molar-refractivity contribution in [2.75, 3.05) is 13.2 Å². The van der Waals surface area contributed by atoms with Gasteiger partial charge in [-0.05, 0) is 5.92 Å². The van der Waals surface area contributed by atoms with Gasteiger partial charge in [0.15, 0.2) is 0 Å². The van der Waals surface area contributed by atoms with Crippen LogP contribution in [0.2, 0.25) is 0 Å². The molecule has 2 N–H and O–H groups in total. The molecule has 0 unspecified atom stereocenters. The lowest BCUT2D eigenvalue weighted by Crippen LogP contribution is -2.12. The van der Waals surface area contributed by atoms with E-state index in [1.165, 1.54) is 17.1 Å². The first kappa shape index (κ1) is 13.1. The third kappa shape index (κ3) is 4.30. The van der Waals surface area contributed by atoms with Crippen LogP contribution in [0.3, 0.4) is 0 Å². The van der Waals surface area contributed by atoms with Crippen LogP contribution in [0, 0.1) is 5.92 Å². The summed E-state index contributed by atoms with van der Waals surface area (Å²) in [6, 6.07) is 0. The molecule has 0 bridgehead atoms. The average Bonchev–Trinajstić information content (AvgIpc) is 2.59. The van der Waals surface area contributed by atoms with Gasteiger partial charge in [-0.2, -0.15) is 5.10 Å². The number of rotatable bonds is 6. The number of sulfonamides is 1. The van der Waals surface area contributed by atoms with Crippen LogP contribution in [0.15, 0.2) is 17.3 Å². The van der Waals surface area contributed by atoms with E-state index in [1.54, 1.807) is 0 Å². The maximum Gasteiger partial charge on any atom is 0.241 e. The molecule has 0 aliphatic rings. The van der Waals surface area contributed by atoms with Crippen molar-refractivity contribution < 1.29 is 13.2 Å². The molecular formula is C9H17N3O3S. The minimum Gasteiger partial charge on any atom is -0.379 e. The average molecular weight is 247 g/mol. The van der Waals surface area contributed by atoms with E-state index in [1.807, 2.05) is 0 Å². The highest BCUT2D eigenvalue weighted by molar-refractivity contribution is 7.89. The quantitative estimate of drug-likeness (QED) is 0.728. The van der Waals surface area contributed by atoms with Crippen LogP contribution in [-0.2, 0) is 21.3 Å². The second-order valence-electron chi connectivity index (χ2n) is 3.95. The summed E-state index contributed by atoms with van der Waals surface area (Å²) >= 11 is 0. The summed E-state index contributed by atoms with van der Waals surface area (Å²) in [6.07, 6.45) is 2.63. The molecule has 1 rings (SSSR count). The molecule has 0 spiro atoms. The van der Waals surface area contributed by atoms with E-state index < -0.39 is 10.0 Å². The number of nitrogens with zero attached hydrogens (tertiary/aromatic N) is 2. The Hall–Kier alpha value is -0.920. The third-order valence-corrected chi connectivity index (χ3v) is 2.72. The van der Waals surface area contributed by atoms with E-state index >= 15 is 0 Å². The molecule has 0 aliphatic carbocycles. The standard InChI is InChI=1S/C9H17N3O3S/c1-8(2)7-15-4-3-12-6-9(5-11-12)16(10,13)14/h5-6,8H,3-4,7H2,1-2H3,(H2,10,13,14). The van der Waals surface area contributed by atoms with E-state index in [0.717, 1.165) is 0 Å². The van der Waals surface area contributed by atoms with Gasteiger partial charge in [0.05, 0.1) is 19.3 Å². The summed E-state index contributed by atoms with van der Waals surface area (Å²) in [4.78, 5) is 0.0244. The molecule has 92 valence electrons. The number of primary sulfonamides is 1. The lowest BCUT2D eigenvalue weighted by atomic mass is 10.2. The Bertz CT molecular complexity index is 425. The molecule has 7 heteroatoms. The molecule has 0 saturated carbocycles. The molecule has 16 heavy (non-hydrogen) atoms. The van der Waals surface area contributed by atoms with E-state index in [4.69, 9.17) is 9.88 Å². The SMILES string of the molecule is CC(C)COCCn1cc(S(N)(=O)=O)cn1. The van der Waals surface area contributed by atoms with Gasteiger partial charge in [-0.3, -0.25) is 4.68 Å². The predicted molar refractivity (Wildman–Crippen MR) is 59.3 cm³/mol. The van der Waals surface area contributed by atoms with Crippen molar-refractivity contribution in [1.29, 1.82) is 0 Å². The van der Waals surface area contributed by atoms with Crippen LogP contribution >= 0.6 is 0 Å². The molecule has 0 aromatic carbocycles. The maximum atomic E-state index is 11.0. The fourth-order valence-electron chi connectivity index (χ4n) is 1.09. The van der Waals surface area contributed by atoms with Gasteiger partial charge in [-0.15, -0.1) is 0 Å². The lowest BCUT2D eigenvalue weighted by molar-refractivity contribution is 0.101. The van der Waals surface area contributed by atoms with Crippen molar-refractivity contribution in [2.45, 2.75) is 25.3 Å². The van der Waals surface area contributed by atoms with Crippen LogP contribution in [-0.4, -0.2) is 31.4 Å². The molecule has 0 radical (unpaired) electrons. The van der Waals surface area contributed by atoms with E-state index in [-0.39, 0.29) is 4.90 Å². The van der Waals surface area contributed by atoms with E-state index in [2.05, 4.69) is 18.9 Å². The smallest absolute Gasteiger partial charge is 0.241 e. The fourth-order valence-corrected chi connectivity index (χ4v) is 1.55. The Morgan fingerprint density at radius 1 is 1.56 bits per heavy atom. The highest BCUT2D eigenvalue weighted by atomic mass is 32.2. The zero-order chi connectivity index (χ0) is 12.2. The summed E-state index contributed by atoms with van der Waals surface area (Å²) < 4.78 is 28.8. The number of ether oxygens (including phenoxy) is 1. The van der Waals surface area contributed by atoms with Crippen LogP contribution in [0.1, 0.15) is 13.8 Å². The Morgan fingerprint density at radius 2 is 2.25 bits per heavy atom. The number of hydrogen-bond donors (Lipinski definition) is 1. The van der Waals surface area contributed by atoms with Crippen LogP contribution in [0.5, 0.6) is 0 Å². The Labute approximate surface area is 95.4 Å². The topological polar surface area (TPSA) is 87.2 Å². The van der Waals surface area contributed by atoms with Crippen molar-refractivity contribution in [3.63, 3.8) is 0 Å². The second-order valence-corrected chi connectivity index (χ2v) is 5.51. The molecule has 1 heterocycles. The fraction of sp³-hybridized carbons (Fsp3) is 0.667. The van der Waals surface area contributed by atoms with Crippen LogP contribution < -0.4 is 5.14 Å². The molecule has 1 aromatic heterocycles. The zero-order valence-electron chi connectivity index (χ0n) is 9.46. The van der Waals surface area contributed by atoms with Gasteiger partial charge < -0.3 is 4.74 Å². The molecule has 0 atom stereocenters. The normalized spacial score (nSPS) is 12.2. The largest absolute Gasteiger partial charge is 0.379 e. The second kappa shape index (κ2) is 5.42. The summed E-state index contributed by atoms with van der Waals surface area (Å²) in [5.41, 5.74) is 0. The molecule has 0 amide bonds. The summed E-state index contributed by atoms with van der Waals surface area (Å²) in [5.74, 6) is 0.484. The molecule has 1 aromatic rings. The van der Waals surface area contributed by atoms with Crippen LogP contribution in [0.4, 0.5) is 0 Å². The molecule has 0 fully saturated rings. The summed E-state index contributed by atoms with van der Waals surface area (Å²) in [5, 5.41) is 8.83. The minimum atomic E-state index is -3.65. The highest BCUT2D eigenvalue weighted by Gasteiger charge is 2.10. The van der Waals surface area contributed by atoms with Crippen molar-refractivity contribution in [1.82, 2.24) is 9.78 Å². The molecule has 0 aliphatic heterocycles. The summed E-state index contributed by atoms with van der Waals surface area (Å²) in [7, 11) is -3.65. The highest BCUT2D eigenvalue weighted by Crippen LogP contribution is 2.03. The Morgan fingerprint density at radius 3 is 2.75 bits per heavy atom. The summed E-state index contributed by atoms with van der Waals surface area (Å²) in [6.45, 7) is 5.83. The number of aromatic nitrogens is 2. The third-order valence-electron chi connectivity index (χ3n) is 1.85. The Balaban J connectivity index is 2.42. The van der Waals surface area contributed by atoms with Gasteiger partial charge >= 0.3 is 0 Å². The van der Waals surface area contributed by atoms with E-state index in [0.29, 0.717) is 25.7 Å². The molecular weight excluding hydrogens is 230 g/mol. The van der Waals surface area contributed by atoms with Crippen molar-refractivity contribution in [3.05, 3.63) is 12.4 Å². The van der Waals surface area contributed by atoms with Crippen molar-refractivity contribution in [2.24, 2.45) is 11.1 Å². The first-order chi connectivity index (χ1) is 7.39. The minimum absolute atomic E-state index is 0.0244. The van der Waals surface area contributed by atoms with E-state index in [9.17, 15) is 8.42 Å². The monoisotopic (exact) mass is 247 g/mol. The zero-order valence-corrected chi connectivity index (χ0v) is 10.3. The molecule has 0 saturated heterocycles. The van der Waals surface area contributed by atoms with Gasteiger partial charge in [0.1, 0.15) is 4.90 Å². The predicted octanol–water partition coefficient (Wildman–Crippen LogP) is 0.203. The van der Waals surface area contributed by atoms with Crippen LogP contribution in [0.25, 0.3) is 0 Å². The first-order valence-corrected chi connectivity index (χ1v) is 6.57. The Kier molecular flexibility index (Phi) is 4.45. The number of nitrogens with two attached hydrogens (primary N) is 1. The first-order valence-electron chi connectivity index (χ1n) is 5.02. The van der Waals surface area contributed by atoms with Gasteiger partial charge in [-0.1, -0.05) is 13.8 Å². The van der Waals surface area contributed by atoms with Gasteiger partial charge in [-0.25, -0.2) is 13.6 Å². The van der Waals surface area contributed by atoms with Gasteiger partial charge in [0, 0.05) is 12.8 Å². The number of hydrogen-bond acceptors (Lipinski definition) is 4.